The zero-order valence-corrected chi connectivity index (χ0v) is 8.60. The lowest BCUT2D eigenvalue weighted by molar-refractivity contribution is 0.277. The van der Waals surface area contributed by atoms with Crippen LogP contribution >= 0.6 is 0 Å². The van der Waals surface area contributed by atoms with Gasteiger partial charge in [-0.3, -0.25) is 10.0 Å². The molecule has 0 radical (unpaired) electrons. The predicted molar refractivity (Wildman–Crippen MR) is 58.6 cm³/mol. The van der Waals surface area contributed by atoms with Crippen molar-refractivity contribution in [2.24, 2.45) is 10.2 Å². The van der Waals surface area contributed by atoms with E-state index in [-0.39, 0.29) is 0 Å². The van der Waals surface area contributed by atoms with Crippen LogP contribution in [0, 0.1) is 0 Å². The van der Waals surface area contributed by atoms with Gasteiger partial charge in [0.15, 0.2) is 0 Å². The van der Waals surface area contributed by atoms with Gasteiger partial charge in [-0.15, -0.1) is 0 Å². The van der Waals surface area contributed by atoms with Gasteiger partial charge in [-0.1, -0.05) is 0 Å². The zero-order chi connectivity index (χ0) is 9.64. The van der Waals surface area contributed by atoms with Crippen molar-refractivity contribution in [2.75, 3.05) is 26.2 Å². The van der Waals surface area contributed by atoms with E-state index in [2.05, 4.69) is 20.2 Å². The molecule has 2 aliphatic rings. The van der Waals surface area contributed by atoms with Gasteiger partial charge in [0.2, 0.25) is 0 Å². The number of hydrogen-bond acceptors (Lipinski definition) is 4. The van der Waals surface area contributed by atoms with Crippen molar-refractivity contribution in [2.45, 2.75) is 25.7 Å². The van der Waals surface area contributed by atoms with Crippen LogP contribution in [0.1, 0.15) is 25.7 Å². The highest BCUT2D eigenvalue weighted by Crippen LogP contribution is 2.05. The molecule has 2 aliphatic heterocycles. The molecule has 0 N–H and O–H groups in total. The normalized spacial score (nSPS) is 20.0. The maximum Gasteiger partial charge on any atom is 0.0410 e. The van der Waals surface area contributed by atoms with Gasteiger partial charge < -0.3 is 0 Å². The minimum absolute atomic E-state index is 1.11. The van der Waals surface area contributed by atoms with Crippen molar-refractivity contribution in [3.05, 3.63) is 0 Å². The van der Waals surface area contributed by atoms with E-state index in [1.54, 1.807) is 0 Å². The lowest BCUT2D eigenvalue weighted by Gasteiger charge is -2.16. The van der Waals surface area contributed by atoms with Crippen LogP contribution in [-0.4, -0.2) is 48.6 Å². The molecular weight excluding hydrogens is 176 g/mol. The minimum atomic E-state index is 1.11. The quantitative estimate of drug-likeness (QED) is 0.615. The van der Waals surface area contributed by atoms with Crippen LogP contribution in [0.4, 0.5) is 0 Å². The van der Waals surface area contributed by atoms with Crippen molar-refractivity contribution >= 4 is 12.4 Å². The Labute approximate surface area is 85.3 Å². The van der Waals surface area contributed by atoms with E-state index in [9.17, 15) is 0 Å². The Morgan fingerprint density at radius 3 is 1.71 bits per heavy atom. The van der Waals surface area contributed by atoms with Gasteiger partial charge in [0, 0.05) is 51.4 Å². The largest absolute Gasteiger partial charge is 0.297 e. The molecule has 78 valence electrons. The Hall–Kier alpha value is -1.06. The third-order valence-corrected chi connectivity index (χ3v) is 2.60. The van der Waals surface area contributed by atoms with Crippen LogP contribution in [0.2, 0.25) is 0 Å². The fourth-order valence-electron chi connectivity index (χ4n) is 1.80. The first kappa shape index (κ1) is 9.49. The molecule has 0 aliphatic carbocycles. The van der Waals surface area contributed by atoms with Gasteiger partial charge in [0.1, 0.15) is 0 Å². The standard InChI is InChI=1S/C10H18N4/c1(7-13-9-3-5-11-13)2-8-14-10-4-6-12-14/h5-6H,1-4,7-10H2. The Morgan fingerprint density at radius 2 is 1.36 bits per heavy atom. The lowest BCUT2D eigenvalue weighted by Crippen LogP contribution is -2.19. The van der Waals surface area contributed by atoms with E-state index < -0.39 is 0 Å². The van der Waals surface area contributed by atoms with Crippen LogP contribution < -0.4 is 0 Å². The summed E-state index contributed by atoms with van der Waals surface area (Å²) in [5, 5.41) is 12.9. The molecular formula is C10H18N4. The Kier molecular flexibility index (Phi) is 3.38. The van der Waals surface area contributed by atoms with Crippen molar-refractivity contribution in [1.29, 1.82) is 0 Å². The SMILES string of the molecule is C1=NN(CCCCN2CCC=N2)CC1. The molecule has 0 aromatic heterocycles. The molecule has 0 aromatic carbocycles. The van der Waals surface area contributed by atoms with Crippen LogP contribution in [0.25, 0.3) is 0 Å². The number of hydrogen-bond donors (Lipinski definition) is 0. The first-order valence-corrected chi connectivity index (χ1v) is 5.50. The monoisotopic (exact) mass is 194 g/mol. The number of unbranched alkanes of at least 4 members (excludes halogenated alkanes) is 1. The number of nitrogens with zero attached hydrogens (tertiary/aromatic N) is 4. The van der Waals surface area contributed by atoms with Crippen molar-refractivity contribution in [1.82, 2.24) is 10.0 Å². The van der Waals surface area contributed by atoms with Crippen molar-refractivity contribution in [3.8, 4) is 0 Å². The summed E-state index contributed by atoms with van der Waals surface area (Å²) in [4.78, 5) is 0. The Bertz CT molecular complexity index is 200. The summed E-state index contributed by atoms with van der Waals surface area (Å²) >= 11 is 0. The number of hydrazone groups is 2. The molecule has 0 spiro atoms. The van der Waals surface area contributed by atoms with E-state index in [1.165, 1.54) is 12.8 Å². The smallest absolute Gasteiger partial charge is 0.0410 e. The highest BCUT2D eigenvalue weighted by molar-refractivity contribution is 5.59. The van der Waals surface area contributed by atoms with E-state index in [0.717, 1.165) is 39.0 Å². The zero-order valence-electron chi connectivity index (χ0n) is 8.60. The maximum absolute atomic E-state index is 4.27. The molecule has 14 heavy (non-hydrogen) atoms. The minimum Gasteiger partial charge on any atom is -0.297 e. The molecule has 0 atom stereocenters. The van der Waals surface area contributed by atoms with Gasteiger partial charge in [-0.05, 0) is 12.8 Å². The summed E-state index contributed by atoms with van der Waals surface area (Å²) < 4.78 is 0. The van der Waals surface area contributed by atoms with E-state index in [1.807, 2.05) is 12.4 Å². The molecule has 0 aromatic rings. The molecule has 0 fully saturated rings. The summed E-state index contributed by atoms with van der Waals surface area (Å²) in [5.74, 6) is 0. The predicted octanol–water partition coefficient (Wildman–Crippen LogP) is 1.15. The summed E-state index contributed by atoms with van der Waals surface area (Å²) in [6.45, 7) is 4.44. The molecule has 4 heteroatoms. The summed E-state index contributed by atoms with van der Waals surface area (Å²) in [7, 11) is 0. The molecule has 0 bridgehead atoms. The highest BCUT2D eigenvalue weighted by atomic mass is 15.5. The van der Waals surface area contributed by atoms with Crippen molar-refractivity contribution < 1.29 is 0 Å². The third-order valence-electron chi connectivity index (χ3n) is 2.60. The summed E-state index contributed by atoms with van der Waals surface area (Å²) in [6, 6.07) is 0. The first-order valence-electron chi connectivity index (χ1n) is 5.50. The summed E-state index contributed by atoms with van der Waals surface area (Å²) in [6.07, 6.45) is 8.70. The van der Waals surface area contributed by atoms with Crippen LogP contribution in [-0.2, 0) is 0 Å². The van der Waals surface area contributed by atoms with Crippen LogP contribution in [0.5, 0.6) is 0 Å². The topological polar surface area (TPSA) is 31.2 Å². The van der Waals surface area contributed by atoms with E-state index in [4.69, 9.17) is 0 Å². The molecule has 2 rings (SSSR count). The van der Waals surface area contributed by atoms with Gasteiger partial charge in [-0.25, -0.2) is 0 Å². The van der Waals surface area contributed by atoms with Crippen molar-refractivity contribution in [3.63, 3.8) is 0 Å². The molecule has 0 saturated carbocycles. The van der Waals surface area contributed by atoms with E-state index >= 15 is 0 Å². The first-order chi connectivity index (χ1) is 6.95. The molecule has 0 unspecified atom stereocenters. The summed E-state index contributed by atoms with van der Waals surface area (Å²) in [5.41, 5.74) is 0. The van der Waals surface area contributed by atoms with Gasteiger partial charge >= 0.3 is 0 Å². The van der Waals surface area contributed by atoms with Gasteiger partial charge in [-0.2, -0.15) is 10.2 Å². The number of rotatable bonds is 5. The van der Waals surface area contributed by atoms with Crippen LogP contribution in [0.15, 0.2) is 10.2 Å². The van der Waals surface area contributed by atoms with Gasteiger partial charge in [0.25, 0.3) is 0 Å². The van der Waals surface area contributed by atoms with Crippen LogP contribution in [0.3, 0.4) is 0 Å². The Balaban J connectivity index is 1.50. The second-order valence-corrected chi connectivity index (χ2v) is 3.79. The third kappa shape index (κ3) is 2.72. The fraction of sp³-hybridized carbons (Fsp3) is 0.800. The average Bonchev–Trinajstić information content (AvgIpc) is 2.86. The second-order valence-electron chi connectivity index (χ2n) is 3.79. The lowest BCUT2D eigenvalue weighted by atomic mass is 10.3. The van der Waals surface area contributed by atoms with Gasteiger partial charge in [0.05, 0.1) is 0 Å². The highest BCUT2D eigenvalue weighted by Gasteiger charge is 2.07. The average molecular weight is 194 g/mol. The molecule has 2 heterocycles. The molecule has 0 amide bonds. The Morgan fingerprint density at radius 1 is 0.857 bits per heavy atom. The fourth-order valence-corrected chi connectivity index (χ4v) is 1.80. The maximum atomic E-state index is 4.27. The van der Waals surface area contributed by atoms with E-state index in [0.29, 0.717) is 0 Å². The molecule has 4 nitrogen and oxygen atoms in total. The molecule has 0 saturated heterocycles. The second kappa shape index (κ2) is 4.98.